The van der Waals surface area contributed by atoms with Crippen molar-refractivity contribution in [2.45, 2.75) is 13.8 Å². The lowest BCUT2D eigenvalue weighted by molar-refractivity contribution is 0.0471. The Kier molecular flexibility index (Phi) is 5.28. The van der Waals surface area contributed by atoms with Crippen molar-refractivity contribution in [1.29, 1.82) is 0 Å². The molecule has 0 bridgehead atoms. The first-order valence-electron chi connectivity index (χ1n) is 6.73. The minimum atomic E-state index is -0.693. The van der Waals surface area contributed by atoms with E-state index in [-0.39, 0.29) is 28.7 Å². The van der Waals surface area contributed by atoms with E-state index in [0.717, 1.165) is 9.75 Å². The number of Topliss-reactive ketones (excluding diaryl/α,β-unsaturated/α-hetero) is 1. The van der Waals surface area contributed by atoms with Gasteiger partial charge in [0.25, 0.3) is 0 Å². The van der Waals surface area contributed by atoms with Gasteiger partial charge in [-0.2, -0.15) is 0 Å². The molecular weight excluding hydrogens is 338 g/mol. The second kappa shape index (κ2) is 7.02. The highest BCUT2D eigenvalue weighted by atomic mass is 35.5. The van der Waals surface area contributed by atoms with Gasteiger partial charge in [0, 0.05) is 21.4 Å². The lowest BCUT2D eigenvalue weighted by Gasteiger charge is -2.10. The zero-order chi connectivity index (χ0) is 17.1. The second-order valence-electron chi connectivity index (χ2n) is 4.90. The normalized spacial score (nSPS) is 10.4. The van der Waals surface area contributed by atoms with Gasteiger partial charge >= 0.3 is 5.97 Å². The van der Waals surface area contributed by atoms with Crippen molar-refractivity contribution in [2.75, 3.05) is 19.5 Å². The monoisotopic (exact) mass is 353 g/mol. The van der Waals surface area contributed by atoms with E-state index >= 15 is 0 Å². The molecule has 0 aliphatic rings. The number of thiophene rings is 1. The number of ether oxygens (including phenoxy) is 2. The third-order valence-corrected chi connectivity index (χ3v) is 4.51. The van der Waals surface area contributed by atoms with Crippen molar-refractivity contribution >= 4 is 40.4 Å². The Balaban J connectivity index is 2.12. The Bertz CT molecular complexity index is 770. The zero-order valence-electron chi connectivity index (χ0n) is 12.9. The largest absolute Gasteiger partial charge is 0.496 e. The van der Waals surface area contributed by atoms with Crippen LogP contribution in [-0.4, -0.2) is 25.5 Å². The molecule has 2 rings (SSSR count). The van der Waals surface area contributed by atoms with Crippen LogP contribution in [0.4, 0.5) is 5.69 Å². The molecule has 1 aromatic heterocycles. The molecule has 0 radical (unpaired) electrons. The SMILES string of the molecule is COc1cc(N)c(Cl)cc1C(=O)OCC(=O)c1cc(C)sc1C. The van der Waals surface area contributed by atoms with Crippen LogP contribution in [0.1, 0.15) is 30.5 Å². The van der Waals surface area contributed by atoms with Crippen LogP contribution in [0.25, 0.3) is 0 Å². The predicted molar refractivity (Wildman–Crippen MR) is 90.8 cm³/mol. The van der Waals surface area contributed by atoms with Crippen LogP contribution in [-0.2, 0) is 4.74 Å². The van der Waals surface area contributed by atoms with Crippen LogP contribution in [0.2, 0.25) is 5.02 Å². The number of benzene rings is 1. The molecule has 2 aromatic rings. The molecule has 0 fully saturated rings. The number of carbonyl (C=O) groups excluding carboxylic acids is 2. The topological polar surface area (TPSA) is 78.6 Å². The Labute approximate surface area is 143 Å². The third kappa shape index (κ3) is 3.83. The minimum Gasteiger partial charge on any atom is -0.496 e. The van der Waals surface area contributed by atoms with E-state index < -0.39 is 5.97 Å². The van der Waals surface area contributed by atoms with E-state index in [1.165, 1.54) is 30.6 Å². The van der Waals surface area contributed by atoms with E-state index in [1.807, 2.05) is 13.8 Å². The molecule has 2 N–H and O–H groups in total. The molecule has 0 amide bonds. The molecule has 23 heavy (non-hydrogen) atoms. The van der Waals surface area contributed by atoms with Gasteiger partial charge < -0.3 is 15.2 Å². The summed E-state index contributed by atoms with van der Waals surface area (Å²) < 4.78 is 10.2. The van der Waals surface area contributed by atoms with Crippen molar-refractivity contribution in [3.63, 3.8) is 0 Å². The molecule has 0 unspecified atom stereocenters. The van der Waals surface area contributed by atoms with Gasteiger partial charge in [-0.3, -0.25) is 4.79 Å². The molecule has 5 nitrogen and oxygen atoms in total. The van der Waals surface area contributed by atoms with E-state index in [1.54, 1.807) is 6.07 Å². The summed E-state index contributed by atoms with van der Waals surface area (Å²) in [5.74, 6) is -0.700. The highest BCUT2D eigenvalue weighted by molar-refractivity contribution is 7.12. The number of methoxy groups -OCH3 is 1. The molecule has 0 saturated heterocycles. The number of hydrogen-bond donors (Lipinski definition) is 1. The first kappa shape index (κ1) is 17.3. The van der Waals surface area contributed by atoms with Gasteiger partial charge in [0.2, 0.25) is 5.78 Å². The van der Waals surface area contributed by atoms with Gasteiger partial charge in [0.1, 0.15) is 11.3 Å². The summed E-state index contributed by atoms with van der Waals surface area (Å²) in [4.78, 5) is 26.2. The molecule has 122 valence electrons. The van der Waals surface area contributed by atoms with Crippen LogP contribution in [0.15, 0.2) is 18.2 Å². The maximum Gasteiger partial charge on any atom is 0.342 e. The average molecular weight is 354 g/mol. The van der Waals surface area contributed by atoms with Gasteiger partial charge in [-0.15, -0.1) is 11.3 Å². The molecule has 0 atom stereocenters. The lowest BCUT2D eigenvalue weighted by atomic mass is 10.1. The first-order chi connectivity index (χ1) is 10.8. The van der Waals surface area contributed by atoms with Gasteiger partial charge in [-0.05, 0) is 26.0 Å². The van der Waals surface area contributed by atoms with Gasteiger partial charge in [-0.25, -0.2) is 4.79 Å². The number of hydrogen-bond acceptors (Lipinski definition) is 6. The molecule has 1 aromatic carbocycles. The maximum atomic E-state index is 12.2. The van der Waals surface area contributed by atoms with Gasteiger partial charge in [0.15, 0.2) is 6.61 Å². The van der Waals surface area contributed by atoms with Gasteiger partial charge in [0.05, 0.1) is 17.8 Å². The number of nitrogens with two attached hydrogens (primary N) is 1. The third-order valence-electron chi connectivity index (χ3n) is 3.21. The zero-order valence-corrected chi connectivity index (χ0v) is 14.5. The fourth-order valence-corrected chi connectivity index (χ4v) is 3.20. The van der Waals surface area contributed by atoms with E-state index in [2.05, 4.69) is 0 Å². The number of esters is 1. The number of aryl methyl sites for hydroxylation is 2. The van der Waals surface area contributed by atoms with Crippen LogP contribution in [0.5, 0.6) is 5.75 Å². The lowest BCUT2D eigenvalue weighted by Crippen LogP contribution is -2.15. The highest BCUT2D eigenvalue weighted by Crippen LogP contribution is 2.29. The van der Waals surface area contributed by atoms with Crippen LogP contribution in [0.3, 0.4) is 0 Å². The smallest absolute Gasteiger partial charge is 0.342 e. The molecule has 0 aliphatic heterocycles. The predicted octanol–water partition coefficient (Wildman–Crippen LogP) is 3.65. The maximum absolute atomic E-state index is 12.2. The summed E-state index contributed by atoms with van der Waals surface area (Å²) in [6.45, 7) is 3.43. The molecule has 1 heterocycles. The number of ketones is 1. The minimum absolute atomic E-state index is 0.123. The van der Waals surface area contributed by atoms with Crippen LogP contribution >= 0.6 is 22.9 Å². The summed E-state index contributed by atoms with van der Waals surface area (Å²) in [6.07, 6.45) is 0. The highest BCUT2D eigenvalue weighted by Gasteiger charge is 2.19. The van der Waals surface area contributed by atoms with Crippen molar-refractivity contribution in [3.8, 4) is 5.75 Å². The molecule has 7 heteroatoms. The first-order valence-corrected chi connectivity index (χ1v) is 7.93. The molecular formula is C16H16ClNO4S. The summed E-state index contributed by atoms with van der Waals surface area (Å²) in [5, 5.41) is 0.216. The number of carbonyl (C=O) groups is 2. The number of rotatable bonds is 5. The van der Waals surface area contributed by atoms with Crippen molar-refractivity contribution in [3.05, 3.63) is 44.1 Å². The van der Waals surface area contributed by atoms with Crippen LogP contribution in [0, 0.1) is 13.8 Å². The standard InChI is InChI=1S/C16H16ClNO4S/c1-8-4-10(9(2)23-8)14(19)7-22-16(20)11-5-12(17)13(18)6-15(11)21-3/h4-6H,7,18H2,1-3H3. The van der Waals surface area contributed by atoms with E-state index in [4.69, 9.17) is 26.8 Å². The quantitative estimate of drug-likeness (QED) is 0.504. The number of nitrogen functional groups attached to an aromatic ring is 1. The molecule has 0 aliphatic carbocycles. The number of halogens is 1. The van der Waals surface area contributed by atoms with Crippen molar-refractivity contribution < 1.29 is 19.1 Å². The fraction of sp³-hybridized carbons (Fsp3) is 0.250. The van der Waals surface area contributed by atoms with E-state index in [0.29, 0.717) is 11.3 Å². The van der Waals surface area contributed by atoms with E-state index in [9.17, 15) is 9.59 Å². The van der Waals surface area contributed by atoms with Crippen LogP contribution < -0.4 is 10.5 Å². The Morgan fingerprint density at radius 1 is 1.22 bits per heavy atom. The Morgan fingerprint density at radius 3 is 2.48 bits per heavy atom. The van der Waals surface area contributed by atoms with Gasteiger partial charge in [-0.1, -0.05) is 11.6 Å². The summed E-state index contributed by atoms with van der Waals surface area (Å²) in [5.41, 5.74) is 6.65. The van der Waals surface area contributed by atoms with Crippen molar-refractivity contribution in [2.24, 2.45) is 0 Å². The molecule has 0 saturated carbocycles. The fourth-order valence-electron chi connectivity index (χ4n) is 2.09. The summed E-state index contributed by atoms with van der Waals surface area (Å²) >= 11 is 7.44. The Hall–Kier alpha value is -2.05. The summed E-state index contributed by atoms with van der Waals surface area (Å²) in [6, 6.07) is 4.59. The average Bonchev–Trinajstić information content (AvgIpc) is 2.85. The second-order valence-corrected chi connectivity index (χ2v) is 6.77. The van der Waals surface area contributed by atoms with Crippen molar-refractivity contribution in [1.82, 2.24) is 0 Å². The Morgan fingerprint density at radius 2 is 1.91 bits per heavy atom. The molecule has 0 spiro atoms. The number of anilines is 1. The summed E-state index contributed by atoms with van der Waals surface area (Å²) in [7, 11) is 1.40.